The lowest BCUT2D eigenvalue weighted by Gasteiger charge is -2.20. The first kappa shape index (κ1) is 16.8. The summed E-state index contributed by atoms with van der Waals surface area (Å²) in [6.07, 6.45) is 4.76. The third-order valence-corrected chi connectivity index (χ3v) is 4.72. The largest absolute Gasteiger partial charge is 0.481 e. The lowest BCUT2D eigenvalue weighted by atomic mass is 9.92. The molecule has 1 atom stereocenters. The maximum absolute atomic E-state index is 12.5. The summed E-state index contributed by atoms with van der Waals surface area (Å²) in [5.74, 6) is 0.583. The molecule has 3 nitrogen and oxygen atoms in total. The number of para-hydroxylation sites is 1. The zero-order chi connectivity index (χ0) is 16.9. The van der Waals surface area contributed by atoms with Crippen LogP contribution in [0.5, 0.6) is 5.75 Å². The van der Waals surface area contributed by atoms with Crippen molar-refractivity contribution in [2.75, 3.05) is 5.32 Å². The zero-order valence-corrected chi connectivity index (χ0v) is 14.6. The van der Waals surface area contributed by atoms with Gasteiger partial charge >= 0.3 is 0 Å². The predicted molar refractivity (Wildman–Crippen MR) is 97.9 cm³/mol. The van der Waals surface area contributed by atoms with Crippen molar-refractivity contribution in [1.29, 1.82) is 0 Å². The summed E-state index contributed by atoms with van der Waals surface area (Å²) < 4.78 is 5.95. The third kappa shape index (κ3) is 3.90. The maximum Gasteiger partial charge on any atom is 0.265 e. The number of carbonyl (C=O) groups is 1. The van der Waals surface area contributed by atoms with Crippen molar-refractivity contribution in [3.8, 4) is 5.75 Å². The van der Waals surface area contributed by atoms with Gasteiger partial charge in [-0.2, -0.15) is 0 Å². The number of hydrogen-bond donors (Lipinski definition) is 1. The Morgan fingerprint density at radius 3 is 2.67 bits per heavy atom. The number of fused-ring (bicyclic) bond motifs is 1. The van der Waals surface area contributed by atoms with E-state index in [0.717, 1.165) is 18.6 Å². The van der Waals surface area contributed by atoms with E-state index in [9.17, 15) is 4.79 Å². The molecule has 1 N–H and O–H groups in total. The fourth-order valence-electron chi connectivity index (χ4n) is 3.05. The Morgan fingerprint density at radius 2 is 1.92 bits per heavy atom. The van der Waals surface area contributed by atoms with Gasteiger partial charge in [0.2, 0.25) is 0 Å². The molecule has 1 amide bonds. The predicted octanol–water partition coefficient (Wildman–Crippen LogP) is 5.01. The number of nitrogens with one attached hydrogen (secondary N) is 1. The fraction of sp³-hybridized carbons (Fsp3) is 0.350. The summed E-state index contributed by atoms with van der Waals surface area (Å²) in [6.45, 7) is 1.94. The van der Waals surface area contributed by atoms with Gasteiger partial charge in [0.15, 0.2) is 6.10 Å². The number of carbonyl (C=O) groups excluding carboxylic acids is 1. The fourth-order valence-corrected chi connectivity index (χ4v) is 3.23. The van der Waals surface area contributed by atoms with Crippen LogP contribution in [-0.2, 0) is 17.6 Å². The van der Waals surface area contributed by atoms with E-state index in [4.69, 9.17) is 16.3 Å². The molecule has 0 saturated carbocycles. The molecule has 0 fully saturated rings. The van der Waals surface area contributed by atoms with Crippen LogP contribution >= 0.6 is 11.6 Å². The molecule has 3 rings (SSSR count). The van der Waals surface area contributed by atoms with Crippen molar-refractivity contribution in [2.24, 2.45) is 0 Å². The van der Waals surface area contributed by atoms with Gasteiger partial charge in [-0.1, -0.05) is 36.7 Å². The summed E-state index contributed by atoms with van der Waals surface area (Å²) in [6, 6.07) is 13.4. The monoisotopic (exact) mass is 343 g/mol. The van der Waals surface area contributed by atoms with E-state index in [1.54, 1.807) is 12.1 Å². The Bertz CT molecular complexity index is 729. The third-order valence-electron chi connectivity index (χ3n) is 4.39. The van der Waals surface area contributed by atoms with Crippen LogP contribution in [0.3, 0.4) is 0 Å². The van der Waals surface area contributed by atoms with E-state index in [1.165, 1.54) is 24.0 Å². The minimum Gasteiger partial charge on any atom is -0.481 e. The van der Waals surface area contributed by atoms with E-state index >= 15 is 0 Å². The molecule has 0 aromatic heterocycles. The van der Waals surface area contributed by atoms with Crippen molar-refractivity contribution >= 4 is 23.2 Å². The minimum absolute atomic E-state index is 0.177. The number of halogens is 1. The Kier molecular flexibility index (Phi) is 5.41. The SMILES string of the molecule is CCC(Oc1ccc2c(c1)CCCC2)C(=O)Nc1ccccc1Cl. The Labute approximate surface area is 148 Å². The second-order valence-electron chi connectivity index (χ2n) is 6.12. The number of hydrogen-bond acceptors (Lipinski definition) is 2. The molecule has 24 heavy (non-hydrogen) atoms. The Balaban J connectivity index is 1.70. The molecule has 4 heteroatoms. The van der Waals surface area contributed by atoms with Crippen LogP contribution in [0, 0.1) is 0 Å². The van der Waals surface area contributed by atoms with E-state index in [1.807, 2.05) is 25.1 Å². The lowest BCUT2D eigenvalue weighted by Crippen LogP contribution is -2.32. The molecule has 0 bridgehead atoms. The van der Waals surface area contributed by atoms with Crippen molar-refractivity contribution in [3.05, 3.63) is 58.6 Å². The van der Waals surface area contributed by atoms with Gasteiger partial charge in [0, 0.05) is 0 Å². The average molecular weight is 344 g/mol. The lowest BCUT2D eigenvalue weighted by molar-refractivity contribution is -0.122. The topological polar surface area (TPSA) is 38.3 Å². The molecule has 0 spiro atoms. The first-order chi connectivity index (χ1) is 11.7. The van der Waals surface area contributed by atoms with Crippen LogP contribution in [0.1, 0.15) is 37.3 Å². The second kappa shape index (κ2) is 7.71. The van der Waals surface area contributed by atoms with Gasteiger partial charge in [-0.05, 0) is 67.5 Å². The van der Waals surface area contributed by atoms with Gasteiger partial charge < -0.3 is 10.1 Å². The standard InChI is InChI=1S/C20H22ClNO2/c1-2-19(20(23)22-18-10-6-5-9-17(18)21)24-16-12-11-14-7-3-4-8-15(14)13-16/h5-6,9-13,19H,2-4,7-8H2,1H3,(H,22,23). The smallest absolute Gasteiger partial charge is 0.265 e. The molecule has 1 unspecified atom stereocenters. The van der Waals surface area contributed by atoms with Crippen LogP contribution in [0.4, 0.5) is 5.69 Å². The van der Waals surface area contributed by atoms with Gasteiger partial charge in [-0.3, -0.25) is 4.79 Å². The molecule has 0 saturated heterocycles. The highest BCUT2D eigenvalue weighted by Crippen LogP contribution is 2.27. The summed E-state index contributed by atoms with van der Waals surface area (Å²) in [7, 11) is 0. The summed E-state index contributed by atoms with van der Waals surface area (Å²) in [5.41, 5.74) is 3.36. The minimum atomic E-state index is -0.539. The molecule has 0 radical (unpaired) electrons. The highest BCUT2D eigenvalue weighted by molar-refractivity contribution is 6.33. The average Bonchev–Trinajstić information content (AvgIpc) is 2.61. The Hall–Kier alpha value is -2.00. The molecular formula is C20H22ClNO2. The van der Waals surface area contributed by atoms with Gasteiger partial charge in [-0.25, -0.2) is 0 Å². The van der Waals surface area contributed by atoms with Crippen LogP contribution in [0.15, 0.2) is 42.5 Å². The summed E-state index contributed by atoms with van der Waals surface area (Å²) in [5, 5.41) is 3.37. The highest BCUT2D eigenvalue weighted by Gasteiger charge is 2.20. The number of benzene rings is 2. The number of aryl methyl sites for hydroxylation is 2. The first-order valence-electron chi connectivity index (χ1n) is 8.51. The second-order valence-corrected chi connectivity index (χ2v) is 6.53. The molecule has 2 aromatic carbocycles. The van der Waals surface area contributed by atoms with Gasteiger partial charge in [0.25, 0.3) is 5.91 Å². The summed E-state index contributed by atoms with van der Waals surface area (Å²) in [4.78, 5) is 12.5. The van der Waals surface area contributed by atoms with Crippen LogP contribution in [-0.4, -0.2) is 12.0 Å². The van der Waals surface area contributed by atoms with Gasteiger partial charge in [-0.15, -0.1) is 0 Å². The molecule has 0 aliphatic heterocycles. The zero-order valence-electron chi connectivity index (χ0n) is 13.8. The molecule has 0 heterocycles. The van der Waals surface area contributed by atoms with Crippen molar-refractivity contribution in [3.63, 3.8) is 0 Å². The number of anilines is 1. The Morgan fingerprint density at radius 1 is 1.17 bits per heavy atom. The molecular weight excluding hydrogens is 322 g/mol. The first-order valence-corrected chi connectivity index (χ1v) is 8.89. The number of rotatable bonds is 5. The van der Waals surface area contributed by atoms with Gasteiger partial charge in [0.05, 0.1) is 10.7 Å². The van der Waals surface area contributed by atoms with Crippen LogP contribution < -0.4 is 10.1 Å². The molecule has 126 valence electrons. The van der Waals surface area contributed by atoms with E-state index in [2.05, 4.69) is 17.4 Å². The quantitative estimate of drug-likeness (QED) is 0.828. The molecule has 1 aliphatic carbocycles. The molecule has 1 aliphatic rings. The molecule has 2 aromatic rings. The van der Waals surface area contributed by atoms with Crippen molar-refractivity contribution < 1.29 is 9.53 Å². The number of amides is 1. The van der Waals surface area contributed by atoms with E-state index < -0.39 is 6.10 Å². The van der Waals surface area contributed by atoms with Gasteiger partial charge in [0.1, 0.15) is 5.75 Å². The van der Waals surface area contributed by atoms with E-state index in [0.29, 0.717) is 17.1 Å². The van der Waals surface area contributed by atoms with Crippen molar-refractivity contribution in [2.45, 2.75) is 45.1 Å². The summed E-state index contributed by atoms with van der Waals surface area (Å²) >= 11 is 6.10. The normalized spacial score (nSPS) is 14.6. The van der Waals surface area contributed by atoms with Crippen molar-refractivity contribution in [1.82, 2.24) is 0 Å². The van der Waals surface area contributed by atoms with Crippen LogP contribution in [0.25, 0.3) is 0 Å². The van der Waals surface area contributed by atoms with E-state index in [-0.39, 0.29) is 5.91 Å². The maximum atomic E-state index is 12.5. The highest BCUT2D eigenvalue weighted by atomic mass is 35.5. The van der Waals surface area contributed by atoms with Crippen LogP contribution in [0.2, 0.25) is 5.02 Å². The number of ether oxygens (including phenoxy) is 1.